The first-order chi connectivity index (χ1) is 32.7. The Bertz CT molecular complexity index is 3370. The fraction of sp³-hybridized carbons (Fsp3) is 0. The van der Waals surface area contributed by atoms with E-state index in [9.17, 15) is 0 Å². The lowest BCUT2D eigenvalue weighted by Gasteiger charge is -2.13. The molecule has 310 valence electrons. The van der Waals surface area contributed by atoms with Gasteiger partial charge in [0, 0.05) is 33.4 Å². The van der Waals surface area contributed by atoms with Crippen LogP contribution in [0.4, 0.5) is 0 Å². The van der Waals surface area contributed by atoms with Crippen LogP contribution in [0.5, 0.6) is 0 Å². The smallest absolute Gasteiger partial charge is 0.164 e. The van der Waals surface area contributed by atoms with Gasteiger partial charge in [-0.1, -0.05) is 212 Å². The van der Waals surface area contributed by atoms with Gasteiger partial charge < -0.3 is 0 Å². The maximum atomic E-state index is 5.23. The summed E-state index contributed by atoms with van der Waals surface area (Å²) in [7, 11) is 0. The van der Waals surface area contributed by atoms with Gasteiger partial charge in [0.1, 0.15) is 0 Å². The number of rotatable bonds is 10. The van der Waals surface area contributed by atoms with Crippen molar-refractivity contribution in [2.45, 2.75) is 0 Å². The van der Waals surface area contributed by atoms with E-state index in [1.54, 1.807) is 0 Å². The minimum absolute atomic E-state index is 0.592. The number of hydrogen-bond donors (Lipinski definition) is 0. The Kier molecular flexibility index (Phi) is 10.9. The average Bonchev–Trinajstić information content (AvgIpc) is 3.42. The van der Waals surface area contributed by atoms with E-state index in [-0.39, 0.29) is 0 Å². The fourth-order valence-corrected chi connectivity index (χ4v) is 8.32. The van der Waals surface area contributed by atoms with E-state index in [2.05, 4.69) is 182 Å². The highest BCUT2D eigenvalue weighted by atomic mass is 15.0. The normalized spacial score (nSPS) is 11.0. The van der Waals surface area contributed by atoms with Crippen molar-refractivity contribution in [1.29, 1.82) is 0 Å². The topological polar surface area (TPSA) is 64.5 Å². The number of aromatic nitrogens is 5. The van der Waals surface area contributed by atoms with Crippen molar-refractivity contribution in [3.63, 3.8) is 0 Å². The number of benzene rings is 9. The summed E-state index contributed by atoms with van der Waals surface area (Å²) in [5.74, 6) is 2.47. The Morgan fingerprint density at radius 1 is 0.152 bits per heavy atom. The number of nitrogens with zero attached hydrogens (tertiary/aromatic N) is 5. The molecule has 0 amide bonds. The molecule has 0 spiro atoms. The quantitative estimate of drug-likeness (QED) is 0.137. The summed E-state index contributed by atoms with van der Waals surface area (Å²) in [6.07, 6.45) is 0. The predicted molar refractivity (Wildman–Crippen MR) is 270 cm³/mol. The third-order valence-electron chi connectivity index (χ3n) is 11.7. The lowest BCUT2D eigenvalue weighted by atomic mass is 9.96. The van der Waals surface area contributed by atoms with Crippen LogP contribution in [-0.2, 0) is 0 Å². The molecule has 2 aromatic heterocycles. The summed E-state index contributed by atoms with van der Waals surface area (Å²) in [6, 6.07) is 85.9. The van der Waals surface area contributed by atoms with E-state index in [0.717, 1.165) is 83.7 Å². The molecule has 11 rings (SSSR count). The Hall–Kier alpha value is -8.93. The van der Waals surface area contributed by atoms with Crippen molar-refractivity contribution < 1.29 is 0 Å². The monoisotopic (exact) mass is 843 g/mol. The highest BCUT2D eigenvalue weighted by Gasteiger charge is 2.17. The second-order valence-electron chi connectivity index (χ2n) is 16.1. The van der Waals surface area contributed by atoms with Crippen molar-refractivity contribution in [3.05, 3.63) is 249 Å². The first-order valence-electron chi connectivity index (χ1n) is 22.1. The van der Waals surface area contributed by atoms with E-state index in [0.29, 0.717) is 23.3 Å². The Morgan fingerprint density at radius 3 is 0.970 bits per heavy atom. The predicted octanol–water partition coefficient (Wildman–Crippen LogP) is 15.3. The van der Waals surface area contributed by atoms with Gasteiger partial charge >= 0.3 is 0 Å². The van der Waals surface area contributed by atoms with Crippen LogP contribution in [0.3, 0.4) is 0 Å². The molecule has 0 saturated carbocycles. The van der Waals surface area contributed by atoms with Gasteiger partial charge in [-0.3, -0.25) is 0 Å². The van der Waals surface area contributed by atoms with Gasteiger partial charge in [0.25, 0.3) is 0 Å². The molecule has 0 unspecified atom stereocenters. The van der Waals surface area contributed by atoms with Gasteiger partial charge in [0.05, 0.1) is 11.4 Å². The molecule has 0 radical (unpaired) electrons. The van der Waals surface area contributed by atoms with Gasteiger partial charge in [-0.2, -0.15) is 0 Å². The molecule has 5 nitrogen and oxygen atoms in total. The third-order valence-corrected chi connectivity index (χ3v) is 11.7. The van der Waals surface area contributed by atoms with Crippen molar-refractivity contribution in [3.8, 4) is 113 Å². The van der Waals surface area contributed by atoms with Crippen molar-refractivity contribution >= 4 is 0 Å². The van der Waals surface area contributed by atoms with Gasteiger partial charge in [0.15, 0.2) is 23.3 Å². The van der Waals surface area contributed by atoms with Crippen LogP contribution in [0, 0.1) is 0 Å². The van der Waals surface area contributed by atoms with Crippen molar-refractivity contribution in [2.75, 3.05) is 0 Å². The SMILES string of the molecule is c1ccc(-c2ccc(-c3nc(-c4ccccc4)cc(-c4cccc(-c5cccc(-c6nc(-c7ccccc7)nc(-c7cc(-c8ccccc8)cc(-c8ccccc8)c7)n6)c5)c4)n3)cc2)cc1. The molecule has 9 aromatic carbocycles. The first kappa shape index (κ1) is 39.9. The molecule has 0 bridgehead atoms. The average molecular weight is 844 g/mol. The summed E-state index contributed by atoms with van der Waals surface area (Å²) >= 11 is 0. The molecule has 0 aliphatic carbocycles. The summed E-state index contributed by atoms with van der Waals surface area (Å²) in [4.78, 5) is 25.8. The maximum absolute atomic E-state index is 5.23. The molecular formula is C61H41N5. The van der Waals surface area contributed by atoms with E-state index in [1.807, 2.05) is 66.7 Å². The van der Waals surface area contributed by atoms with Gasteiger partial charge in [-0.25, -0.2) is 24.9 Å². The molecule has 0 N–H and O–H groups in total. The molecular weight excluding hydrogens is 803 g/mol. The molecule has 2 heterocycles. The van der Waals surface area contributed by atoms with Crippen LogP contribution in [0.2, 0.25) is 0 Å². The molecule has 5 heteroatoms. The van der Waals surface area contributed by atoms with Gasteiger partial charge in [-0.05, 0) is 80.9 Å². The van der Waals surface area contributed by atoms with Crippen LogP contribution in [0.25, 0.3) is 113 Å². The highest BCUT2D eigenvalue weighted by Crippen LogP contribution is 2.36. The Balaban J connectivity index is 0.992. The van der Waals surface area contributed by atoms with Gasteiger partial charge in [0.2, 0.25) is 0 Å². The zero-order valence-corrected chi connectivity index (χ0v) is 35.9. The summed E-state index contributed by atoms with van der Waals surface area (Å²) in [6.45, 7) is 0. The maximum Gasteiger partial charge on any atom is 0.164 e. The summed E-state index contributed by atoms with van der Waals surface area (Å²) in [5, 5.41) is 0. The van der Waals surface area contributed by atoms with Crippen molar-refractivity contribution in [1.82, 2.24) is 24.9 Å². The van der Waals surface area contributed by atoms with Gasteiger partial charge in [-0.15, -0.1) is 0 Å². The molecule has 11 aromatic rings. The lowest BCUT2D eigenvalue weighted by molar-refractivity contribution is 1.07. The van der Waals surface area contributed by atoms with E-state index >= 15 is 0 Å². The molecule has 0 aliphatic rings. The summed E-state index contributed by atoms with van der Waals surface area (Å²) < 4.78 is 0. The molecule has 0 fully saturated rings. The minimum atomic E-state index is 0.592. The van der Waals surface area contributed by atoms with E-state index in [1.165, 1.54) is 5.56 Å². The lowest BCUT2D eigenvalue weighted by Crippen LogP contribution is -2.00. The summed E-state index contributed by atoms with van der Waals surface area (Å²) in [5.41, 5.74) is 16.2. The highest BCUT2D eigenvalue weighted by molar-refractivity contribution is 5.82. The zero-order valence-electron chi connectivity index (χ0n) is 35.9. The zero-order chi connectivity index (χ0) is 44.1. The molecule has 66 heavy (non-hydrogen) atoms. The van der Waals surface area contributed by atoms with Crippen LogP contribution in [0.15, 0.2) is 249 Å². The van der Waals surface area contributed by atoms with E-state index in [4.69, 9.17) is 24.9 Å². The third kappa shape index (κ3) is 8.57. The molecule has 0 aliphatic heterocycles. The second-order valence-corrected chi connectivity index (χ2v) is 16.1. The molecule has 0 saturated heterocycles. The first-order valence-corrected chi connectivity index (χ1v) is 22.1. The Labute approximate surface area is 384 Å². The largest absolute Gasteiger partial charge is 0.228 e. The standard InChI is InChI=1S/C61H41N5/c1-6-18-42(19-7-1)45-32-34-48(35-33-45)58-62-56(46-24-12-4-13-25-46)41-57(63-58)51-30-16-28-49(36-51)50-29-17-31-52(37-50)60-64-59(47-26-14-5-15-27-47)65-61(66-60)55-39-53(43-20-8-2-9-21-43)38-54(40-55)44-22-10-3-11-23-44/h1-41H. The molecule has 0 atom stereocenters. The number of hydrogen-bond acceptors (Lipinski definition) is 5. The van der Waals surface area contributed by atoms with Crippen LogP contribution in [0.1, 0.15) is 0 Å². The van der Waals surface area contributed by atoms with Crippen LogP contribution < -0.4 is 0 Å². The Morgan fingerprint density at radius 2 is 0.439 bits per heavy atom. The van der Waals surface area contributed by atoms with E-state index < -0.39 is 0 Å². The minimum Gasteiger partial charge on any atom is -0.228 e. The van der Waals surface area contributed by atoms with Crippen LogP contribution in [-0.4, -0.2) is 24.9 Å². The van der Waals surface area contributed by atoms with Crippen molar-refractivity contribution in [2.24, 2.45) is 0 Å². The fourth-order valence-electron chi connectivity index (χ4n) is 8.32. The second kappa shape index (κ2) is 18.0. The van der Waals surface area contributed by atoms with Crippen LogP contribution >= 0.6 is 0 Å².